The van der Waals surface area contributed by atoms with Gasteiger partial charge in [0, 0.05) is 15.6 Å². The molecule has 1 aromatic heterocycles. The molecule has 0 radical (unpaired) electrons. The molecule has 2 aromatic rings. The van der Waals surface area contributed by atoms with Gasteiger partial charge in [0.05, 0.1) is 23.6 Å². The molecule has 0 aliphatic heterocycles. The van der Waals surface area contributed by atoms with Gasteiger partial charge in [0.15, 0.2) is 0 Å². The van der Waals surface area contributed by atoms with Gasteiger partial charge in [-0.05, 0) is 26.0 Å². The molecular formula is C14H19Cl2N3. The number of halogens is 2. The number of benzene rings is 1. The summed E-state index contributed by atoms with van der Waals surface area (Å²) in [6.45, 7) is 7.91. The Labute approximate surface area is 124 Å². The molecule has 5 heteroatoms. The molecule has 3 nitrogen and oxygen atoms in total. The van der Waals surface area contributed by atoms with E-state index in [2.05, 4.69) is 5.10 Å². The van der Waals surface area contributed by atoms with Crippen molar-refractivity contribution in [2.24, 2.45) is 0 Å². The van der Waals surface area contributed by atoms with Crippen LogP contribution < -0.4 is 5.73 Å². The van der Waals surface area contributed by atoms with Crippen molar-refractivity contribution in [2.75, 3.05) is 5.73 Å². The fourth-order valence-corrected chi connectivity index (χ4v) is 2.57. The predicted molar refractivity (Wildman–Crippen MR) is 83.0 cm³/mol. The number of nitrogens with zero attached hydrogens (tertiary/aromatic N) is 2. The minimum absolute atomic E-state index is 0.0477. The number of rotatable bonds is 2. The number of hydrogen-bond acceptors (Lipinski definition) is 2. The Kier molecular flexibility index (Phi) is 5.70. The Balaban J connectivity index is 0.000000861. The van der Waals surface area contributed by atoms with E-state index in [0.29, 0.717) is 15.7 Å². The molecule has 0 spiro atoms. The molecule has 104 valence electrons. The van der Waals surface area contributed by atoms with Gasteiger partial charge in [-0.2, -0.15) is 5.10 Å². The molecule has 0 amide bonds. The van der Waals surface area contributed by atoms with E-state index in [1.165, 1.54) is 0 Å². The fourth-order valence-electron chi connectivity index (χ4n) is 1.86. The van der Waals surface area contributed by atoms with Gasteiger partial charge in [-0.3, -0.25) is 4.68 Å². The first kappa shape index (κ1) is 15.9. The first-order valence-electron chi connectivity index (χ1n) is 6.26. The number of nitrogens with two attached hydrogens (primary N) is 1. The highest BCUT2D eigenvalue weighted by Gasteiger charge is 2.18. The van der Waals surface area contributed by atoms with Crippen LogP contribution in [0.4, 0.5) is 5.69 Å². The van der Waals surface area contributed by atoms with Crippen molar-refractivity contribution < 1.29 is 0 Å². The lowest BCUT2D eigenvalue weighted by Crippen LogP contribution is -2.11. The quantitative estimate of drug-likeness (QED) is 0.872. The molecule has 0 aliphatic rings. The van der Waals surface area contributed by atoms with Gasteiger partial charge < -0.3 is 5.73 Å². The van der Waals surface area contributed by atoms with Crippen LogP contribution in [-0.4, -0.2) is 9.78 Å². The predicted octanol–water partition coefficient (Wildman–Crippen LogP) is 4.72. The largest absolute Gasteiger partial charge is 0.396 e. The van der Waals surface area contributed by atoms with Crippen molar-refractivity contribution in [3.8, 4) is 0 Å². The van der Waals surface area contributed by atoms with Crippen LogP contribution in [0.2, 0.25) is 10.0 Å². The van der Waals surface area contributed by atoms with Gasteiger partial charge in [-0.15, -0.1) is 0 Å². The highest BCUT2D eigenvalue weighted by atomic mass is 35.5. The van der Waals surface area contributed by atoms with E-state index in [4.69, 9.17) is 28.9 Å². The van der Waals surface area contributed by atoms with Crippen LogP contribution in [-0.2, 0) is 0 Å². The first-order valence-corrected chi connectivity index (χ1v) is 7.01. The molecule has 0 aliphatic carbocycles. The Hall–Kier alpha value is -1.19. The molecule has 0 saturated heterocycles. The third-order valence-electron chi connectivity index (χ3n) is 2.87. The zero-order valence-electron chi connectivity index (χ0n) is 11.6. The molecule has 0 fully saturated rings. The second kappa shape index (κ2) is 6.83. The van der Waals surface area contributed by atoms with Gasteiger partial charge in [-0.1, -0.05) is 43.1 Å². The lowest BCUT2D eigenvalue weighted by Gasteiger charge is -2.17. The smallest absolute Gasteiger partial charge is 0.0773 e. The van der Waals surface area contributed by atoms with Gasteiger partial charge in [-0.25, -0.2) is 0 Å². The van der Waals surface area contributed by atoms with E-state index in [1.807, 2.05) is 50.6 Å². The maximum Gasteiger partial charge on any atom is 0.0773 e. The van der Waals surface area contributed by atoms with E-state index in [9.17, 15) is 0 Å². The van der Waals surface area contributed by atoms with Crippen LogP contribution in [0.5, 0.6) is 0 Å². The fraction of sp³-hybridized carbons (Fsp3) is 0.357. The number of aromatic nitrogens is 2. The topological polar surface area (TPSA) is 43.8 Å². The molecule has 1 aromatic carbocycles. The molecule has 2 rings (SSSR count). The third-order valence-corrected chi connectivity index (χ3v) is 3.53. The second-order valence-electron chi connectivity index (χ2n) is 3.94. The average Bonchev–Trinajstić information content (AvgIpc) is 2.72. The molecule has 0 bridgehead atoms. The van der Waals surface area contributed by atoms with Crippen molar-refractivity contribution >= 4 is 28.9 Å². The van der Waals surface area contributed by atoms with Crippen molar-refractivity contribution in [2.45, 2.75) is 33.7 Å². The lowest BCUT2D eigenvalue weighted by molar-refractivity contribution is 0.550. The Morgan fingerprint density at radius 3 is 2.16 bits per heavy atom. The summed E-state index contributed by atoms with van der Waals surface area (Å²) in [4.78, 5) is 0. The van der Waals surface area contributed by atoms with Crippen LogP contribution in [0.15, 0.2) is 24.4 Å². The van der Waals surface area contributed by atoms with Crippen LogP contribution in [0.3, 0.4) is 0 Å². The van der Waals surface area contributed by atoms with Gasteiger partial charge in [0.2, 0.25) is 0 Å². The van der Waals surface area contributed by atoms with Gasteiger partial charge in [0.1, 0.15) is 0 Å². The summed E-state index contributed by atoms with van der Waals surface area (Å²) in [7, 11) is 0. The van der Waals surface area contributed by atoms with E-state index >= 15 is 0 Å². The number of hydrogen-bond donors (Lipinski definition) is 1. The zero-order valence-corrected chi connectivity index (χ0v) is 13.1. The first-order chi connectivity index (χ1) is 9.02. The summed E-state index contributed by atoms with van der Waals surface area (Å²) >= 11 is 12.4. The van der Waals surface area contributed by atoms with Crippen LogP contribution in [0.25, 0.3) is 0 Å². The van der Waals surface area contributed by atoms with Crippen molar-refractivity contribution in [3.05, 3.63) is 45.7 Å². The second-order valence-corrected chi connectivity index (χ2v) is 4.76. The Morgan fingerprint density at radius 2 is 1.74 bits per heavy atom. The lowest BCUT2D eigenvalue weighted by atomic mass is 10.1. The molecule has 1 heterocycles. The zero-order chi connectivity index (χ0) is 14.6. The summed E-state index contributed by atoms with van der Waals surface area (Å²) in [5.74, 6) is 0. The third kappa shape index (κ3) is 3.23. The minimum Gasteiger partial charge on any atom is -0.396 e. The maximum atomic E-state index is 6.18. The van der Waals surface area contributed by atoms with E-state index in [1.54, 1.807) is 6.20 Å². The highest BCUT2D eigenvalue weighted by molar-refractivity contribution is 6.36. The maximum absolute atomic E-state index is 6.18. The minimum atomic E-state index is -0.0477. The Bertz CT molecular complexity index is 529. The summed E-state index contributed by atoms with van der Waals surface area (Å²) in [6, 6.07) is 5.42. The molecule has 2 N–H and O–H groups in total. The molecular weight excluding hydrogens is 281 g/mol. The van der Waals surface area contributed by atoms with E-state index < -0.39 is 0 Å². The Morgan fingerprint density at radius 1 is 1.21 bits per heavy atom. The standard InChI is InChI=1S/C12H13Cl2N3.C2H6/c1-7-11(15)6-16-17(7)8(2)12-9(13)4-3-5-10(12)14;1-2/h3-6,8H,15H2,1-2H3;1-2H3. The molecule has 0 saturated carbocycles. The average molecular weight is 300 g/mol. The molecule has 19 heavy (non-hydrogen) atoms. The van der Waals surface area contributed by atoms with Gasteiger partial charge in [0.25, 0.3) is 0 Å². The molecule has 1 unspecified atom stereocenters. The van der Waals surface area contributed by atoms with Crippen LogP contribution >= 0.6 is 23.2 Å². The van der Waals surface area contributed by atoms with Crippen molar-refractivity contribution in [1.29, 1.82) is 0 Å². The van der Waals surface area contributed by atoms with Crippen molar-refractivity contribution in [1.82, 2.24) is 9.78 Å². The summed E-state index contributed by atoms with van der Waals surface area (Å²) < 4.78 is 1.82. The van der Waals surface area contributed by atoms with E-state index in [0.717, 1.165) is 11.3 Å². The monoisotopic (exact) mass is 299 g/mol. The van der Waals surface area contributed by atoms with Crippen LogP contribution in [0.1, 0.15) is 38.1 Å². The van der Waals surface area contributed by atoms with E-state index in [-0.39, 0.29) is 6.04 Å². The normalized spacial score (nSPS) is 11.7. The van der Waals surface area contributed by atoms with Crippen molar-refractivity contribution in [3.63, 3.8) is 0 Å². The summed E-state index contributed by atoms with van der Waals surface area (Å²) in [5.41, 5.74) is 8.22. The number of anilines is 1. The summed E-state index contributed by atoms with van der Waals surface area (Å²) in [6.07, 6.45) is 1.64. The highest BCUT2D eigenvalue weighted by Crippen LogP contribution is 2.33. The van der Waals surface area contributed by atoms with Crippen LogP contribution in [0, 0.1) is 6.92 Å². The molecule has 1 atom stereocenters. The number of nitrogen functional groups attached to an aromatic ring is 1. The van der Waals surface area contributed by atoms with Gasteiger partial charge >= 0.3 is 0 Å². The summed E-state index contributed by atoms with van der Waals surface area (Å²) in [5, 5.41) is 5.52. The SMILES string of the molecule is CC.Cc1c(N)cnn1C(C)c1c(Cl)cccc1Cl.